The van der Waals surface area contributed by atoms with E-state index < -0.39 is 0 Å². The van der Waals surface area contributed by atoms with Gasteiger partial charge < -0.3 is 5.32 Å². The molecule has 0 bridgehead atoms. The van der Waals surface area contributed by atoms with Gasteiger partial charge in [0, 0.05) is 17.8 Å². The molecule has 1 N–H and O–H groups in total. The lowest BCUT2D eigenvalue weighted by Gasteiger charge is -2.16. The number of hydrogen-bond acceptors (Lipinski definition) is 1. The van der Waals surface area contributed by atoms with Crippen molar-refractivity contribution in [1.29, 1.82) is 0 Å². The summed E-state index contributed by atoms with van der Waals surface area (Å²) in [6, 6.07) is 10.5. The predicted octanol–water partition coefficient (Wildman–Crippen LogP) is 4.47. The molecule has 0 aromatic heterocycles. The van der Waals surface area contributed by atoms with Crippen LogP contribution in [-0.4, -0.2) is 17.3 Å². The fourth-order valence-electron chi connectivity index (χ4n) is 2.23. The van der Waals surface area contributed by atoms with Gasteiger partial charge in [-0.1, -0.05) is 78.9 Å². The van der Waals surface area contributed by atoms with Crippen LogP contribution in [0.15, 0.2) is 30.3 Å². The Balaban J connectivity index is 2.24. The molecule has 0 heterocycles. The summed E-state index contributed by atoms with van der Waals surface area (Å²) >= 11 is 3.49. The van der Waals surface area contributed by atoms with E-state index in [0.29, 0.717) is 6.42 Å². The molecule has 0 aliphatic rings. The van der Waals surface area contributed by atoms with Gasteiger partial charge in [-0.05, 0) is 18.4 Å². The number of halogens is 1. The fraction of sp³-hybridized carbons (Fsp3) is 0.588. The highest BCUT2D eigenvalue weighted by Crippen LogP contribution is 2.07. The maximum atomic E-state index is 11.9. The van der Waals surface area contributed by atoms with E-state index >= 15 is 0 Å². The zero-order chi connectivity index (χ0) is 14.6. The molecule has 2 nitrogen and oxygen atoms in total. The number of carbonyl (C=O) groups excluding carboxylic acids is 1. The minimum atomic E-state index is 0.181. The summed E-state index contributed by atoms with van der Waals surface area (Å²) in [7, 11) is 0. The van der Waals surface area contributed by atoms with Crippen molar-refractivity contribution in [3.8, 4) is 0 Å². The molecular weight excluding hydrogens is 314 g/mol. The molecule has 1 atom stereocenters. The van der Waals surface area contributed by atoms with Crippen molar-refractivity contribution in [1.82, 2.24) is 5.32 Å². The number of rotatable bonds is 10. The van der Waals surface area contributed by atoms with Crippen LogP contribution in [0.3, 0.4) is 0 Å². The second-order valence-electron chi connectivity index (χ2n) is 5.27. The van der Waals surface area contributed by atoms with Gasteiger partial charge in [-0.3, -0.25) is 4.79 Å². The van der Waals surface area contributed by atoms with Crippen LogP contribution < -0.4 is 5.32 Å². The Morgan fingerprint density at radius 1 is 1.15 bits per heavy atom. The Labute approximate surface area is 131 Å². The third kappa shape index (κ3) is 7.68. The first kappa shape index (κ1) is 17.2. The van der Waals surface area contributed by atoms with Crippen molar-refractivity contribution in [2.24, 2.45) is 0 Å². The van der Waals surface area contributed by atoms with Crippen LogP contribution in [0.2, 0.25) is 0 Å². The van der Waals surface area contributed by atoms with Gasteiger partial charge in [0.1, 0.15) is 0 Å². The third-order valence-electron chi connectivity index (χ3n) is 3.38. The molecule has 0 radical (unpaired) electrons. The standard InChI is InChI=1S/C17H26BrNO/c1-2-3-4-5-9-12-17(20)19-16(14-18)13-15-10-7-6-8-11-15/h6-8,10-11,16H,2-5,9,12-14H2,1H3,(H,19,20). The van der Waals surface area contributed by atoms with E-state index in [0.717, 1.165) is 18.2 Å². The van der Waals surface area contributed by atoms with E-state index in [1.54, 1.807) is 0 Å². The van der Waals surface area contributed by atoms with Gasteiger partial charge in [0.2, 0.25) is 5.91 Å². The molecule has 112 valence electrons. The normalized spacial score (nSPS) is 12.1. The number of hydrogen-bond donors (Lipinski definition) is 1. The molecule has 3 heteroatoms. The summed E-state index contributed by atoms with van der Waals surface area (Å²) in [5.41, 5.74) is 1.26. The van der Waals surface area contributed by atoms with Gasteiger partial charge in [-0.2, -0.15) is 0 Å². The van der Waals surface area contributed by atoms with Gasteiger partial charge in [0.15, 0.2) is 0 Å². The molecule has 0 saturated heterocycles. The maximum Gasteiger partial charge on any atom is 0.220 e. The van der Waals surface area contributed by atoms with E-state index in [9.17, 15) is 4.79 Å². The van der Waals surface area contributed by atoms with Crippen LogP contribution in [0.4, 0.5) is 0 Å². The lowest BCUT2D eigenvalue weighted by molar-refractivity contribution is -0.121. The van der Waals surface area contributed by atoms with Crippen molar-refractivity contribution in [3.05, 3.63) is 35.9 Å². The first-order chi connectivity index (χ1) is 9.76. The highest BCUT2D eigenvalue weighted by Gasteiger charge is 2.11. The van der Waals surface area contributed by atoms with Crippen LogP contribution in [0.5, 0.6) is 0 Å². The van der Waals surface area contributed by atoms with E-state index in [2.05, 4.69) is 40.3 Å². The first-order valence-electron chi connectivity index (χ1n) is 7.65. The lowest BCUT2D eigenvalue weighted by Crippen LogP contribution is -2.37. The zero-order valence-corrected chi connectivity index (χ0v) is 14.0. The topological polar surface area (TPSA) is 29.1 Å². The van der Waals surface area contributed by atoms with Crippen LogP contribution in [0, 0.1) is 0 Å². The van der Waals surface area contributed by atoms with Crippen LogP contribution in [0.25, 0.3) is 0 Å². The van der Waals surface area contributed by atoms with Gasteiger partial charge in [-0.15, -0.1) is 0 Å². The molecule has 0 fully saturated rings. The molecular formula is C17H26BrNO. The van der Waals surface area contributed by atoms with Crippen LogP contribution in [-0.2, 0) is 11.2 Å². The number of amides is 1. The van der Waals surface area contributed by atoms with Crippen molar-refractivity contribution in [2.75, 3.05) is 5.33 Å². The number of nitrogens with one attached hydrogen (secondary N) is 1. The maximum absolute atomic E-state index is 11.9. The highest BCUT2D eigenvalue weighted by molar-refractivity contribution is 9.09. The predicted molar refractivity (Wildman–Crippen MR) is 89.2 cm³/mol. The molecule has 20 heavy (non-hydrogen) atoms. The smallest absolute Gasteiger partial charge is 0.220 e. The van der Waals surface area contributed by atoms with Crippen LogP contribution >= 0.6 is 15.9 Å². The molecule has 1 aromatic rings. The number of carbonyl (C=O) groups is 1. The second-order valence-corrected chi connectivity index (χ2v) is 5.92. The Kier molecular flexibility index (Phi) is 9.38. The van der Waals surface area contributed by atoms with E-state index in [1.165, 1.54) is 31.2 Å². The minimum Gasteiger partial charge on any atom is -0.352 e. The molecule has 1 amide bonds. The minimum absolute atomic E-state index is 0.181. The molecule has 0 saturated carbocycles. The van der Waals surface area contributed by atoms with Gasteiger partial charge in [-0.25, -0.2) is 0 Å². The Morgan fingerprint density at radius 2 is 1.85 bits per heavy atom. The Bertz CT molecular complexity index is 367. The van der Waals surface area contributed by atoms with E-state index in [1.807, 2.05) is 18.2 Å². The molecule has 0 aliphatic carbocycles. The summed E-state index contributed by atoms with van der Waals surface area (Å²) < 4.78 is 0. The number of unbranched alkanes of at least 4 members (excludes halogenated alkanes) is 4. The van der Waals surface area contributed by atoms with Crippen molar-refractivity contribution in [2.45, 2.75) is 57.9 Å². The largest absolute Gasteiger partial charge is 0.352 e. The van der Waals surface area contributed by atoms with E-state index in [4.69, 9.17) is 0 Å². The molecule has 0 aliphatic heterocycles. The summed E-state index contributed by atoms with van der Waals surface area (Å²) in [6.07, 6.45) is 7.48. The van der Waals surface area contributed by atoms with Gasteiger partial charge >= 0.3 is 0 Å². The Morgan fingerprint density at radius 3 is 2.50 bits per heavy atom. The quantitative estimate of drug-likeness (QED) is 0.494. The van der Waals surface area contributed by atoms with Crippen molar-refractivity contribution >= 4 is 21.8 Å². The highest BCUT2D eigenvalue weighted by atomic mass is 79.9. The molecule has 1 rings (SSSR count). The SMILES string of the molecule is CCCCCCCC(=O)NC(CBr)Cc1ccccc1. The van der Waals surface area contributed by atoms with Gasteiger partial charge in [0.05, 0.1) is 0 Å². The monoisotopic (exact) mass is 339 g/mol. The van der Waals surface area contributed by atoms with Crippen molar-refractivity contribution in [3.63, 3.8) is 0 Å². The average molecular weight is 340 g/mol. The summed E-state index contributed by atoms with van der Waals surface area (Å²) in [5, 5.41) is 3.92. The zero-order valence-electron chi connectivity index (χ0n) is 12.4. The second kappa shape index (κ2) is 10.9. The van der Waals surface area contributed by atoms with Crippen molar-refractivity contribution < 1.29 is 4.79 Å². The molecule has 0 spiro atoms. The fourth-order valence-corrected chi connectivity index (χ4v) is 2.62. The number of benzene rings is 1. The Hall–Kier alpha value is -0.830. The number of alkyl halides is 1. The molecule has 1 unspecified atom stereocenters. The summed E-state index contributed by atoms with van der Waals surface area (Å²) in [6.45, 7) is 2.21. The third-order valence-corrected chi connectivity index (χ3v) is 4.17. The summed E-state index contributed by atoms with van der Waals surface area (Å²) in [4.78, 5) is 11.9. The van der Waals surface area contributed by atoms with Gasteiger partial charge in [0.25, 0.3) is 0 Å². The molecule has 1 aromatic carbocycles. The average Bonchev–Trinajstić information content (AvgIpc) is 2.47. The lowest BCUT2D eigenvalue weighted by atomic mass is 10.1. The van der Waals surface area contributed by atoms with E-state index in [-0.39, 0.29) is 11.9 Å². The van der Waals surface area contributed by atoms with Crippen LogP contribution in [0.1, 0.15) is 51.0 Å². The first-order valence-corrected chi connectivity index (χ1v) is 8.77. The summed E-state index contributed by atoms with van der Waals surface area (Å²) in [5.74, 6) is 0.182.